The lowest BCUT2D eigenvalue weighted by atomic mass is 9.81. The molecule has 4 fully saturated rings. The van der Waals surface area contributed by atoms with E-state index in [1.807, 2.05) is 0 Å². The highest BCUT2D eigenvalue weighted by atomic mass is 16.8. The lowest BCUT2D eigenvalue weighted by Gasteiger charge is -2.53. The van der Waals surface area contributed by atoms with Gasteiger partial charge >= 0.3 is 18.3 Å². The average Bonchev–Trinajstić information content (AvgIpc) is 3.46. The minimum atomic E-state index is -1.93. The number of hydrogen-bond acceptors (Lipinski definition) is 19. The third-order valence-electron chi connectivity index (χ3n) is 14.2. The number of aliphatic hydroxyl groups excluding tert-OH is 6. The van der Waals surface area contributed by atoms with Gasteiger partial charge in [-0.3, -0.25) is 4.79 Å². The first-order valence-corrected chi connectivity index (χ1v) is 25.0. The van der Waals surface area contributed by atoms with Gasteiger partial charge in [-0.05, 0) is 29.5 Å². The molecule has 17 atom stereocenters. The van der Waals surface area contributed by atoms with E-state index >= 15 is 0 Å². The minimum absolute atomic E-state index is 0.117. The number of Topliss-reactive ketones (excluding diaryl/α,β-unsaturated/α-hetero) is 1. The molecule has 408 valence electrons. The molecule has 3 aliphatic heterocycles. The minimum Gasteiger partial charge on any atom is -0.445 e. The summed E-state index contributed by atoms with van der Waals surface area (Å²) in [5.74, 6) is -2.90. The molecular weight excluding hydrogens is 993 g/mol. The van der Waals surface area contributed by atoms with Crippen LogP contribution in [0.1, 0.15) is 46.8 Å². The lowest BCUT2D eigenvalue weighted by molar-refractivity contribution is -0.382. The number of nitrogens with zero attached hydrogens (tertiary/aromatic N) is 1. The van der Waals surface area contributed by atoms with Gasteiger partial charge in [0, 0.05) is 18.5 Å². The van der Waals surface area contributed by atoms with E-state index in [-0.39, 0.29) is 38.2 Å². The number of nitrogens with one attached hydrogen (secondary N) is 3. The lowest BCUT2D eigenvalue weighted by Crippen LogP contribution is -2.70. The zero-order valence-corrected chi connectivity index (χ0v) is 41.6. The van der Waals surface area contributed by atoms with Crippen molar-refractivity contribution in [3.8, 4) is 0 Å². The monoisotopic (exact) mass is 1060 g/mol. The maximum Gasteiger partial charge on any atom is 0.410 e. The van der Waals surface area contributed by atoms with E-state index < -0.39 is 140 Å². The largest absolute Gasteiger partial charge is 0.445 e. The van der Waals surface area contributed by atoms with Crippen molar-refractivity contribution in [1.82, 2.24) is 15.5 Å². The Bertz CT molecular complexity index is 2550. The molecule has 76 heavy (non-hydrogen) atoms. The molecule has 3 heterocycles. The van der Waals surface area contributed by atoms with Gasteiger partial charge in [-0.1, -0.05) is 128 Å². The molecule has 0 aromatic heterocycles. The quantitative estimate of drug-likeness (QED) is 0.0417. The van der Waals surface area contributed by atoms with Gasteiger partial charge in [-0.25, -0.2) is 14.4 Å². The van der Waals surface area contributed by atoms with Crippen LogP contribution in [0.15, 0.2) is 121 Å². The predicted molar refractivity (Wildman–Crippen MR) is 265 cm³/mol. The fourth-order valence-corrected chi connectivity index (χ4v) is 9.82. The first-order valence-electron chi connectivity index (χ1n) is 25.0. The third kappa shape index (κ3) is 13.2. The second kappa shape index (κ2) is 25.6. The molecule has 4 aromatic rings. The number of fused-ring (bicyclic) bond motifs is 1. The molecule has 9 unspecified atom stereocenters. The van der Waals surface area contributed by atoms with Gasteiger partial charge in [-0.2, -0.15) is 0 Å². The Morgan fingerprint density at radius 1 is 0.605 bits per heavy atom. The standard InChI is InChI=1S/C54H64N4O18/c1-29-38(25-59)73-51(46(65)41(29)60)76-50-40(58(2)54(68)71-28-32-19-11-5-12-20-32)44(63)48-37(72-50)23-34(39(55)42(61)33-21-13-6-14-22-33)49(75-48)74-47-36(57-53(67)70-27-31-17-9-4-10-18-31)24-35(43(62)45(47)64)56-52(66)69-26-30-15-7-3-8-16-30/h3-22,29,34-38,40-41,43-51,55,59-60,62-65H,23-28H2,1-2H3,(H,56,66)(H,57,67)/t29-,34?,35-,36?,37+,38?,40?,41+,43?,44?,45-,46?,47-,48?,49+,50?,51-/m1/s1. The van der Waals surface area contributed by atoms with Crippen LogP contribution in [0, 0.1) is 17.2 Å². The Labute approximate surface area is 437 Å². The maximum atomic E-state index is 14.2. The molecule has 9 N–H and O–H groups in total. The molecule has 3 saturated heterocycles. The number of ether oxygens (including phenoxy) is 8. The molecule has 0 bridgehead atoms. The van der Waals surface area contributed by atoms with Crippen molar-refractivity contribution < 1.29 is 87.7 Å². The van der Waals surface area contributed by atoms with Crippen LogP contribution < -0.4 is 10.6 Å². The van der Waals surface area contributed by atoms with Gasteiger partial charge in [0.05, 0.1) is 48.6 Å². The number of carbonyl (C=O) groups is 4. The molecule has 22 heteroatoms. The molecular formula is C54H64N4O18. The van der Waals surface area contributed by atoms with E-state index in [0.717, 1.165) is 4.90 Å². The number of likely N-dealkylation sites (N-methyl/N-ethyl adjacent to an activating group) is 1. The Morgan fingerprint density at radius 3 is 1.68 bits per heavy atom. The fourth-order valence-electron chi connectivity index (χ4n) is 9.82. The van der Waals surface area contributed by atoms with Crippen molar-refractivity contribution in [2.75, 3.05) is 13.7 Å². The van der Waals surface area contributed by atoms with E-state index in [1.165, 1.54) is 19.2 Å². The van der Waals surface area contributed by atoms with Gasteiger partial charge in [0.25, 0.3) is 0 Å². The number of amides is 3. The predicted octanol–water partition coefficient (Wildman–Crippen LogP) is 2.54. The SMILES string of the molecule is C[C@@H]1C(CO)O[C@H](OC2O[C@H]3CC(C(=N)C(=O)c4ccccc4)[C@@H](O[C@@H]4C(NC(=O)OCc5ccccc5)C[C@@H](NC(=O)OCc5ccccc5)C(O)[C@H]4O)OC3C(O)C2N(C)C(=O)OCc2ccccc2)C(O)[C@H]1O. The Kier molecular flexibility index (Phi) is 18.8. The van der Waals surface area contributed by atoms with E-state index in [9.17, 15) is 55.2 Å². The number of alkyl carbamates (subject to hydrolysis) is 2. The van der Waals surface area contributed by atoms with Crippen LogP contribution in [0.5, 0.6) is 0 Å². The van der Waals surface area contributed by atoms with Crippen molar-refractivity contribution in [2.45, 2.75) is 132 Å². The zero-order chi connectivity index (χ0) is 54.0. The summed E-state index contributed by atoms with van der Waals surface area (Å²) in [4.78, 5) is 55.8. The number of ketones is 1. The van der Waals surface area contributed by atoms with Crippen molar-refractivity contribution in [3.05, 3.63) is 144 Å². The van der Waals surface area contributed by atoms with Crippen LogP contribution >= 0.6 is 0 Å². The first kappa shape index (κ1) is 55.8. The van der Waals surface area contributed by atoms with E-state index in [4.69, 9.17) is 37.9 Å². The highest BCUT2D eigenvalue weighted by Crippen LogP contribution is 2.41. The third-order valence-corrected chi connectivity index (χ3v) is 14.2. The summed E-state index contributed by atoms with van der Waals surface area (Å²) in [6.45, 7) is 0.528. The van der Waals surface area contributed by atoms with Crippen molar-refractivity contribution >= 4 is 29.8 Å². The highest BCUT2D eigenvalue weighted by Gasteiger charge is 2.58. The van der Waals surface area contributed by atoms with E-state index in [2.05, 4.69) is 10.6 Å². The zero-order valence-electron chi connectivity index (χ0n) is 41.6. The number of rotatable bonds is 17. The van der Waals surface area contributed by atoms with Gasteiger partial charge in [0.15, 0.2) is 18.9 Å². The van der Waals surface area contributed by atoms with Crippen LogP contribution in [-0.2, 0) is 57.7 Å². The second-order valence-electron chi connectivity index (χ2n) is 19.2. The van der Waals surface area contributed by atoms with E-state index in [1.54, 1.807) is 116 Å². The van der Waals surface area contributed by atoms with Crippen LogP contribution in [0.2, 0.25) is 0 Å². The summed E-state index contributed by atoms with van der Waals surface area (Å²) in [6, 6.07) is 30.1. The van der Waals surface area contributed by atoms with Gasteiger partial charge < -0.3 is 89.5 Å². The smallest absolute Gasteiger partial charge is 0.410 e. The number of aliphatic hydroxyl groups is 6. The first-order chi connectivity index (χ1) is 36.6. The van der Waals surface area contributed by atoms with Gasteiger partial charge in [-0.15, -0.1) is 0 Å². The van der Waals surface area contributed by atoms with Crippen LogP contribution in [0.25, 0.3) is 0 Å². The molecule has 1 saturated carbocycles. The fraction of sp³-hybridized carbons (Fsp3) is 0.463. The summed E-state index contributed by atoms with van der Waals surface area (Å²) in [5, 5.41) is 83.0. The average molecular weight is 1060 g/mol. The molecule has 0 spiro atoms. The van der Waals surface area contributed by atoms with Gasteiger partial charge in [0.1, 0.15) is 62.5 Å². The van der Waals surface area contributed by atoms with Crippen LogP contribution in [0.4, 0.5) is 14.4 Å². The summed E-state index contributed by atoms with van der Waals surface area (Å²) in [6.07, 6.45) is -22.8. The van der Waals surface area contributed by atoms with Crippen molar-refractivity contribution in [3.63, 3.8) is 0 Å². The molecule has 22 nitrogen and oxygen atoms in total. The van der Waals surface area contributed by atoms with E-state index in [0.29, 0.717) is 16.7 Å². The molecule has 4 aliphatic rings. The number of hydrogen-bond donors (Lipinski definition) is 9. The topological polar surface area (TPSA) is 315 Å². The molecule has 4 aromatic carbocycles. The summed E-state index contributed by atoms with van der Waals surface area (Å²) < 4.78 is 48.2. The number of carbonyl (C=O) groups excluding carboxylic acids is 4. The normalized spacial score (nSPS) is 32.1. The summed E-state index contributed by atoms with van der Waals surface area (Å²) in [7, 11) is 1.29. The van der Waals surface area contributed by atoms with Gasteiger partial charge in [0.2, 0.25) is 5.78 Å². The summed E-state index contributed by atoms with van der Waals surface area (Å²) >= 11 is 0. The Morgan fingerprint density at radius 2 is 1.13 bits per heavy atom. The van der Waals surface area contributed by atoms with Crippen molar-refractivity contribution in [1.29, 1.82) is 5.41 Å². The molecule has 1 aliphatic carbocycles. The maximum absolute atomic E-state index is 14.2. The van der Waals surface area contributed by atoms with Crippen molar-refractivity contribution in [2.24, 2.45) is 11.8 Å². The Balaban J connectivity index is 1.10. The van der Waals surface area contributed by atoms with Crippen LogP contribution in [0.3, 0.4) is 0 Å². The number of benzene rings is 4. The highest BCUT2D eigenvalue weighted by molar-refractivity contribution is 6.45. The molecule has 8 rings (SSSR count). The second-order valence-corrected chi connectivity index (χ2v) is 19.2. The molecule has 3 amide bonds. The molecule has 0 radical (unpaired) electrons. The summed E-state index contributed by atoms with van der Waals surface area (Å²) in [5.41, 5.74) is 1.52. The Hall–Kier alpha value is -6.41. The van der Waals surface area contributed by atoms with Crippen LogP contribution in [-0.4, -0.2) is 171 Å².